The molecule has 0 unspecified atom stereocenters. The Morgan fingerprint density at radius 2 is 2.35 bits per heavy atom. The SMILES string of the molecule is Cc1ccncc1CNC(=O)c1n[nH]c(C2CC2)c1N. The number of carbonyl (C=O) groups is 1. The summed E-state index contributed by atoms with van der Waals surface area (Å²) in [4.78, 5) is 16.2. The quantitative estimate of drug-likeness (QED) is 0.785. The summed E-state index contributed by atoms with van der Waals surface area (Å²) in [6.07, 6.45) is 5.71. The Bertz CT molecular complexity index is 645. The van der Waals surface area contributed by atoms with Crippen molar-refractivity contribution in [1.82, 2.24) is 20.5 Å². The fraction of sp³-hybridized carbons (Fsp3) is 0.357. The molecule has 2 aromatic rings. The maximum absolute atomic E-state index is 12.1. The molecule has 0 saturated heterocycles. The molecule has 2 aromatic heterocycles. The first-order valence-corrected chi connectivity index (χ1v) is 6.68. The Kier molecular flexibility index (Phi) is 3.14. The van der Waals surface area contributed by atoms with Crippen molar-refractivity contribution in [2.24, 2.45) is 0 Å². The van der Waals surface area contributed by atoms with Gasteiger partial charge in [0.15, 0.2) is 5.69 Å². The minimum absolute atomic E-state index is 0.256. The van der Waals surface area contributed by atoms with E-state index >= 15 is 0 Å². The fourth-order valence-electron chi connectivity index (χ4n) is 2.16. The van der Waals surface area contributed by atoms with Crippen LogP contribution in [-0.4, -0.2) is 21.1 Å². The molecule has 6 heteroatoms. The van der Waals surface area contributed by atoms with Gasteiger partial charge >= 0.3 is 0 Å². The second-order valence-corrected chi connectivity index (χ2v) is 5.16. The number of nitrogens with zero attached hydrogens (tertiary/aromatic N) is 2. The van der Waals surface area contributed by atoms with Gasteiger partial charge in [0.05, 0.1) is 11.4 Å². The number of nitrogens with two attached hydrogens (primary N) is 1. The molecule has 1 saturated carbocycles. The largest absolute Gasteiger partial charge is 0.395 e. The Morgan fingerprint density at radius 3 is 3.05 bits per heavy atom. The molecule has 1 aliphatic carbocycles. The Labute approximate surface area is 116 Å². The predicted molar refractivity (Wildman–Crippen MR) is 75.1 cm³/mol. The third-order valence-electron chi connectivity index (χ3n) is 3.62. The lowest BCUT2D eigenvalue weighted by Gasteiger charge is -2.06. The van der Waals surface area contributed by atoms with Crippen molar-refractivity contribution in [2.45, 2.75) is 32.2 Å². The summed E-state index contributed by atoms with van der Waals surface area (Å²) in [5.41, 5.74) is 9.71. The molecule has 1 fully saturated rings. The highest BCUT2D eigenvalue weighted by atomic mass is 16.1. The van der Waals surface area contributed by atoms with E-state index in [1.807, 2.05) is 13.0 Å². The van der Waals surface area contributed by atoms with Gasteiger partial charge in [0.25, 0.3) is 5.91 Å². The van der Waals surface area contributed by atoms with E-state index in [0.717, 1.165) is 29.7 Å². The van der Waals surface area contributed by atoms with Gasteiger partial charge in [0, 0.05) is 24.9 Å². The molecule has 4 N–H and O–H groups in total. The first-order chi connectivity index (χ1) is 9.66. The maximum Gasteiger partial charge on any atom is 0.274 e. The molecule has 2 heterocycles. The van der Waals surface area contributed by atoms with Crippen molar-refractivity contribution >= 4 is 11.6 Å². The summed E-state index contributed by atoms with van der Waals surface area (Å²) in [6, 6.07) is 1.91. The zero-order valence-electron chi connectivity index (χ0n) is 11.3. The van der Waals surface area contributed by atoms with E-state index in [9.17, 15) is 4.79 Å². The zero-order chi connectivity index (χ0) is 14.1. The Hall–Kier alpha value is -2.37. The van der Waals surface area contributed by atoms with Crippen LogP contribution < -0.4 is 11.1 Å². The molecular weight excluding hydrogens is 254 g/mol. The molecule has 0 atom stereocenters. The van der Waals surface area contributed by atoms with Crippen molar-refractivity contribution in [1.29, 1.82) is 0 Å². The highest BCUT2D eigenvalue weighted by Crippen LogP contribution is 2.42. The average Bonchev–Trinajstić information content (AvgIpc) is 3.21. The summed E-state index contributed by atoms with van der Waals surface area (Å²) >= 11 is 0. The van der Waals surface area contributed by atoms with Gasteiger partial charge < -0.3 is 11.1 Å². The number of aryl methyl sites for hydroxylation is 1. The van der Waals surface area contributed by atoms with Gasteiger partial charge in [0.2, 0.25) is 0 Å². The van der Waals surface area contributed by atoms with E-state index in [4.69, 9.17) is 5.73 Å². The number of anilines is 1. The second-order valence-electron chi connectivity index (χ2n) is 5.16. The third kappa shape index (κ3) is 2.36. The van der Waals surface area contributed by atoms with Crippen molar-refractivity contribution in [3.63, 3.8) is 0 Å². The van der Waals surface area contributed by atoms with Crippen LogP contribution in [0.5, 0.6) is 0 Å². The van der Waals surface area contributed by atoms with Gasteiger partial charge in [0.1, 0.15) is 0 Å². The first kappa shape index (κ1) is 12.7. The smallest absolute Gasteiger partial charge is 0.274 e. The molecule has 0 bridgehead atoms. The molecule has 104 valence electrons. The number of amides is 1. The van der Waals surface area contributed by atoms with Crippen LogP contribution in [0.4, 0.5) is 5.69 Å². The second kappa shape index (κ2) is 4.96. The first-order valence-electron chi connectivity index (χ1n) is 6.68. The number of nitrogen functional groups attached to an aromatic ring is 1. The number of aromatic amines is 1. The van der Waals surface area contributed by atoms with E-state index < -0.39 is 0 Å². The number of carbonyl (C=O) groups excluding carboxylic acids is 1. The van der Waals surface area contributed by atoms with Crippen LogP contribution in [0.3, 0.4) is 0 Å². The van der Waals surface area contributed by atoms with Gasteiger partial charge in [-0.25, -0.2) is 0 Å². The molecular formula is C14H17N5O. The monoisotopic (exact) mass is 271 g/mol. The summed E-state index contributed by atoms with van der Waals surface area (Å²) in [5.74, 6) is 0.193. The molecule has 0 aromatic carbocycles. The summed E-state index contributed by atoms with van der Waals surface area (Å²) in [6.45, 7) is 2.40. The van der Waals surface area contributed by atoms with Crippen LogP contribution in [0.1, 0.15) is 46.1 Å². The van der Waals surface area contributed by atoms with Crippen molar-refractivity contribution < 1.29 is 4.79 Å². The van der Waals surface area contributed by atoms with E-state index in [0.29, 0.717) is 18.2 Å². The van der Waals surface area contributed by atoms with Crippen LogP contribution in [0.25, 0.3) is 0 Å². The lowest BCUT2D eigenvalue weighted by atomic mass is 10.1. The van der Waals surface area contributed by atoms with Crippen LogP contribution in [0.2, 0.25) is 0 Å². The molecule has 0 aliphatic heterocycles. The Morgan fingerprint density at radius 1 is 1.55 bits per heavy atom. The molecule has 0 spiro atoms. The zero-order valence-corrected chi connectivity index (χ0v) is 11.3. The fourth-order valence-corrected chi connectivity index (χ4v) is 2.16. The van der Waals surface area contributed by atoms with Gasteiger partial charge in [-0.1, -0.05) is 0 Å². The van der Waals surface area contributed by atoms with Gasteiger partial charge in [-0.3, -0.25) is 14.9 Å². The standard InChI is InChI=1S/C14H17N5O/c1-8-4-5-16-6-10(8)7-17-14(20)13-11(15)12(18-19-13)9-2-3-9/h4-6,9H,2-3,7,15H2,1H3,(H,17,20)(H,18,19). The Balaban J connectivity index is 1.69. The normalized spacial score (nSPS) is 14.2. The van der Waals surface area contributed by atoms with E-state index in [2.05, 4.69) is 20.5 Å². The van der Waals surface area contributed by atoms with Crippen LogP contribution in [-0.2, 0) is 6.54 Å². The van der Waals surface area contributed by atoms with Gasteiger partial charge in [-0.15, -0.1) is 0 Å². The summed E-state index contributed by atoms with van der Waals surface area (Å²) in [7, 11) is 0. The number of rotatable bonds is 4. The number of hydrogen-bond acceptors (Lipinski definition) is 4. The molecule has 1 amide bonds. The molecule has 6 nitrogen and oxygen atoms in total. The van der Waals surface area contributed by atoms with E-state index in [1.165, 1.54) is 0 Å². The molecule has 20 heavy (non-hydrogen) atoms. The minimum Gasteiger partial charge on any atom is -0.395 e. The minimum atomic E-state index is -0.256. The lowest BCUT2D eigenvalue weighted by Crippen LogP contribution is -2.24. The topological polar surface area (TPSA) is 96.7 Å². The highest BCUT2D eigenvalue weighted by molar-refractivity contribution is 5.97. The van der Waals surface area contributed by atoms with Gasteiger partial charge in [-0.05, 0) is 37.0 Å². The third-order valence-corrected chi connectivity index (χ3v) is 3.62. The molecule has 1 aliphatic rings. The van der Waals surface area contributed by atoms with Crippen molar-refractivity contribution in [3.8, 4) is 0 Å². The number of aromatic nitrogens is 3. The van der Waals surface area contributed by atoms with E-state index in [-0.39, 0.29) is 11.6 Å². The van der Waals surface area contributed by atoms with Crippen LogP contribution in [0, 0.1) is 6.92 Å². The molecule has 0 radical (unpaired) electrons. The van der Waals surface area contributed by atoms with Gasteiger partial charge in [-0.2, -0.15) is 5.10 Å². The lowest BCUT2D eigenvalue weighted by molar-refractivity contribution is 0.0946. The average molecular weight is 271 g/mol. The predicted octanol–water partition coefficient (Wildman–Crippen LogP) is 1.50. The summed E-state index contributed by atoms with van der Waals surface area (Å²) < 4.78 is 0. The number of hydrogen-bond donors (Lipinski definition) is 3. The number of H-pyrrole nitrogens is 1. The maximum atomic E-state index is 12.1. The molecule has 3 rings (SSSR count). The van der Waals surface area contributed by atoms with Crippen molar-refractivity contribution in [3.05, 3.63) is 41.0 Å². The van der Waals surface area contributed by atoms with Crippen LogP contribution in [0.15, 0.2) is 18.5 Å². The van der Waals surface area contributed by atoms with E-state index in [1.54, 1.807) is 12.4 Å². The summed E-state index contributed by atoms with van der Waals surface area (Å²) in [5, 5.41) is 9.74. The van der Waals surface area contributed by atoms with Crippen LogP contribution >= 0.6 is 0 Å². The highest BCUT2D eigenvalue weighted by Gasteiger charge is 2.30. The number of pyridine rings is 1. The van der Waals surface area contributed by atoms with Crippen molar-refractivity contribution in [2.75, 3.05) is 5.73 Å². The number of nitrogens with one attached hydrogen (secondary N) is 2.